The molecule has 21 heavy (non-hydrogen) atoms. The van der Waals surface area contributed by atoms with Crippen molar-refractivity contribution >= 4 is 5.96 Å². The van der Waals surface area contributed by atoms with Gasteiger partial charge in [-0.15, -0.1) is 0 Å². The Hall–Kier alpha value is -2.44. The fourth-order valence-electron chi connectivity index (χ4n) is 1.38. The Bertz CT molecular complexity index is 550. The topological polar surface area (TPSA) is 74.2 Å². The third kappa shape index (κ3) is 4.87. The summed E-state index contributed by atoms with van der Waals surface area (Å²) in [4.78, 5) is 3.46. The number of benzene rings is 1. The third-order valence-corrected chi connectivity index (χ3v) is 2.26. The summed E-state index contributed by atoms with van der Waals surface area (Å²) in [6.45, 7) is -0.534. The summed E-state index contributed by atoms with van der Waals surface area (Å²) in [6.07, 6.45) is -8.43. The van der Waals surface area contributed by atoms with Crippen molar-refractivity contribution in [3.8, 4) is 6.19 Å². The lowest BCUT2D eigenvalue weighted by atomic mass is 10.0. The van der Waals surface area contributed by atoms with Crippen molar-refractivity contribution in [2.75, 3.05) is 0 Å². The van der Waals surface area contributed by atoms with E-state index in [-0.39, 0.29) is 11.6 Å². The molecule has 0 fully saturated rings. The molecular weight excluding hydrogens is 302 g/mol. The van der Waals surface area contributed by atoms with E-state index in [1.54, 1.807) is 0 Å². The lowest BCUT2D eigenvalue weighted by molar-refractivity contribution is -0.143. The summed E-state index contributed by atoms with van der Waals surface area (Å²) in [7, 11) is 0. The predicted molar refractivity (Wildman–Crippen MR) is 60.5 cm³/mol. The first-order valence-corrected chi connectivity index (χ1v) is 5.27. The normalized spacial score (nSPS) is 12.9. The molecule has 1 aromatic rings. The van der Waals surface area contributed by atoms with Crippen molar-refractivity contribution in [3.05, 3.63) is 34.9 Å². The van der Waals surface area contributed by atoms with Crippen LogP contribution in [0.2, 0.25) is 0 Å². The smallest absolute Gasteiger partial charge is 0.369 e. The third-order valence-electron chi connectivity index (χ3n) is 2.26. The van der Waals surface area contributed by atoms with Gasteiger partial charge in [-0.1, -0.05) is 0 Å². The molecule has 0 saturated heterocycles. The Morgan fingerprint density at radius 1 is 1.10 bits per heavy atom. The van der Waals surface area contributed by atoms with Gasteiger partial charge in [0.15, 0.2) is 6.19 Å². The summed E-state index contributed by atoms with van der Waals surface area (Å²) in [5.74, 6) is -0.413. The zero-order valence-corrected chi connectivity index (χ0v) is 10.2. The molecule has 0 heterocycles. The molecule has 0 saturated carbocycles. The van der Waals surface area contributed by atoms with E-state index in [1.165, 1.54) is 6.19 Å². The molecule has 3 N–H and O–H groups in total. The number of hydrogen-bond acceptors (Lipinski definition) is 2. The largest absolute Gasteiger partial charge is 0.416 e. The van der Waals surface area contributed by atoms with Crippen molar-refractivity contribution in [3.63, 3.8) is 0 Å². The van der Waals surface area contributed by atoms with Gasteiger partial charge < -0.3 is 5.73 Å². The maximum atomic E-state index is 12.6. The predicted octanol–water partition coefficient (Wildman–Crippen LogP) is 2.61. The molecule has 0 radical (unpaired) electrons. The van der Waals surface area contributed by atoms with E-state index in [9.17, 15) is 26.3 Å². The van der Waals surface area contributed by atoms with Crippen LogP contribution in [0.3, 0.4) is 0 Å². The zero-order chi connectivity index (χ0) is 16.3. The van der Waals surface area contributed by atoms with E-state index in [2.05, 4.69) is 4.99 Å². The highest BCUT2D eigenvalue weighted by Gasteiger charge is 2.36. The van der Waals surface area contributed by atoms with E-state index < -0.39 is 36.0 Å². The second-order valence-electron chi connectivity index (χ2n) is 3.85. The lowest BCUT2D eigenvalue weighted by Gasteiger charge is -2.13. The number of guanidine groups is 1. The molecule has 0 amide bonds. The van der Waals surface area contributed by atoms with Crippen LogP contribution in [0.4, 0.5) is 26.3 Å². The average molecular weight is 310 g/mol. The molecule has 1 aromatic carbocycles. The van der Waals surface area contributed by atoms with Crippen molar-refractivity contribution in [2.24, 2.45) is 10.7 Å². The van der Waals surface area contributed by atoms with Crippen LogP contribution in [-0.2, 0) is 18.9 Å². The van der Waals surface area contributed by atoms with Gasteiger partial charge in [-0.2, -0.15) is 31.6 Å². The van der Waals surface area contributed by atoms with Gasteiger partial charge in [0, 0.05) is 0 Å². The molecule has 0 bridgehead atoms. The fourth-order valence-corrected chi connectivity index (χ4v) is 1.38. The van der Waals surface area contributed by atoms with Crippen LogP contribution >= 0.6 is 0 Å². The van der Waals surface area contributed by atoms with Gasteiger partial charge in [0.05, 0.1) is 17.7 Å². The summed E-state index contributed by atoms with van der Waals surface area (Å²) in [5.41, 5.74) is 1.95. The molecule has 0 aromatic heterocycles. The standard InChI is InChI=1S/C11H8F6N4/c12-10(13,14)7-1-6(4-20-9(19)21-5-18)2-8(3-7)11(15,16)17/h1-3H,4H2,(H3,19,20,21). The maximum Gasteiger partial charge on any atom is 0.416 e. The molecule has 0 aliphatic heterocycles. The quantitative estimate of drug-likeness (QED) is 0.290. The van der Waals surface area contributed by atoms with E-state index in [0.717, 1.165) is 0 Å². The fraction of sp³-hybridized carbons (Fsp3) is 0.273. The second-order valence-corrected chi connectivity index (χ2v) is 3.85. The second kappa shape index (κ2) is 5.90. The molecule has 10 heteroatoms. The Morgan fingerprint density at radius 3 is 1.95 bits per heavy atom. The Kier molecular flexibility index (Phi) is 4.67. The van der Waals surface area contributed by atoms with Crippen LogP contribution in [0.15, 0.2) is 23.2 Å². The summed E-state index contributed by atoms with van der Waals surface area (Å²) in [5, 5.41) is 10.1. The first-order valence-electron chi connectivity index (χ1n) is 5.27. The van der Waals surface area contributed by atoms with Crippen LogP contribution in [0.1, 0.15) is 16.7 Å². The molecular formula is C11H8F6N4. The maximum absolute atomic E-state index is 12.6. The molecule has 0 unspecified atom stereocenters. The van der Waals surface area contributed by atoms with Crippen LogP contribution < -0.4 is 11.1 Å². The Labute approximate surface area is 114 Å². The highest BCUT2D eigenvalue weighted by atomic mass is 19.4. The van der Waals surface area contributed by atoms with Gasteiger partial charge in [0.1, 0.15) is 0 Å². The van der Waals surface area contributed by atoms with Gasteiger partial charge in [0.25, 0.3) is 0 Å². The highest BCUT2D eigenvalue weighted by Crippen LogP contribution is 2.36. The van der Waals surface area contributed by atoms with E-state index in [1.807, 2.05) is 5.32 Å². The first-order chi connectivity index (χ1) is 9.54. The Morgan fingerprint density at radius 2 is 1.57 bits per heavy atom. The molecule has 0 aliphatic rings. The number of nitrogens with one attached hydrogen (secondary N) is 1. The number of nitrogens with zero attached hydrogens (tertiary/aromatic N) is 2. The monoisotopic (exact) mass is 310 g/mol. The number of alkyl halides is 6. The molecule has 4 nitrogen and oxygen atoms in total. The van der Waals surface area contributed by atoms with E-state index >= 15 is 0 Å². The zero-order valence-electron chi connectivity index (χ0n) is 10.2. The summed E-state index contributed by atoms with van der Waals surface area (Å²) >= 11 is 0. The minimum absolute atomic E-state index is 0.0180. The van der Waals surface area contributed by atoms with Gasteiger partial charge in [0.2, 0.25) is 5.96 Å². The average Bonchev–Trinajstić information content (AvgIpc) is 2.34. The summed E-state index contributed by atoms with van der Waals surface area (Å²) < 4.78 is 75.4. The molecule has 0 aliphatic carbocycles. The highest BCUT2D eigenvalue weighted by molar-refractivity contribution is 5.79. The number of aliphatic imine (C=N–C) groups is 1. The first kappa shape index (κ1) is 16.6. The van der Waals surface area contributed by atoms with Crippen LogP contribution in [-0.4, -0.2) is 5.96 Å². The van der Waals surface area contributed by atoms with Gasteiger partial charge in [-0.05, 0) is 23.8 Å². The minimum atomic E-state index is -4.92. The van der Waals surface area contributed by atoms with Crippen molar-refractivity contribution in [1.29, 1.82) is 5.26 Å². The van der Waals surface area contributed by atoms with Crippen LogP contribution in [0, 0.1) is 11.5 Å². The SMILES string of the molecule is N#CNC(N)=NCc1cc(C(F)(F)F)cc(C(F)(F)F)c1. The lowest BCUT2D eigenvalue weighted by Crippen LogP contribution is -2.27. The number of nitriles is 1. The molecule has 114 valence electrons. The molecule has 0 spiro atoms. The minimum Gasteiger partial charge on any atom is -0.369 e. The van der Waals surface area contributed by atoms with Crippen LogP contribution in [0.25, 0.3) is 0 Å². The van der Waals surface area contributed by atoms with E-state index in [4.69, 9.17) is 11.0 Å². The molecule has 0 atom stereocenters. The van der Waals surface area contributed by atoms with Gasteiger partial charge in [-0.25, -0.2) is 4.99 Å². The van der Waals surface area contributed by atoms with Gasteiger partial charge >= 0.3 is 12.4 Å². The van der Waals surface area contributed by atoms with Crippen molar-refractivity contribution < 1.29 is 26.3 Å². The van der Waals surface area contributed by atoms with E-state index in [0.29, 0.717) is 12.1 Å². The number of halogens is 6. The summed E-state index contributed by atoms with van der Waals surface area (Å²) in [6, 6.07) is 1.10. The number of rotatable bonds is 2. The van der Waals surface area contributed by atoms with Crippen molar-refractivity contribution in [1.82, 2.24) is 5.32 Å². The van der Waals surface area contributed by atoms with Gasteiger partial charge in [-0.3, -0.25) is 5.32 Å². The Balaban J connectivity index is 3.21. The number of nitrogens with two attached hydrogens (primary N) is 1. The molecule has 1 rings (SSSR count). The van der Waals surface area contributed by atoms with Crippen LogP contribution in [0.5, 0.6) is 0 Å². The van der Waals surface area contributed by atoms with Crippen molar-refractivity contribution in [2.45, 2.75) is 18.9 Å². The number of hydrogen-bond donors (Lipinski definition) is 2.